The lowest BCUT2D eigenvalue weighted by atomic mass is 10.2. The minimum absolute atomic E-state index is 0.339. The first-order valence-electron chi connectivity index (χ1n) is 5.69. The minimum atomic E-state index is -0.711. The number of carbonyl (C=O) groups is 1. The first-order chi connectivity index (χ1) is 8.18. The van der Waals surface area contributed by atoms with E-state index in [1.165, 1.54) is 0 Å². The summed E-state index contributed by atoms with van der Waals surface area (Å²) in [4.78, 5) is 17.4. The van der Waals surface area contributed by atoms with E-state index in [0.717, 1.165) is 31.1 Å². The lowest BCUT2D eigenvalue weighted by Gasteiger charge is -2.32. The number of hydrogen-bond donors (Lipinski definition) is 1. The van der Waals surface area contributed by atoms with Crippen molar-refractivity contribution >= 4 is 17.7 Å². The van der Waals surface area contributed by atoms with E-state index < -0.39 is 5.97 Å². The fraction of sp³-hybridized carbons (Fsp3) is 0.636. The molecule has 2 heterocycles. The molecule has 0 amide bonds. The Bertz CT molecular complexity index is 394. The molecule has 0 saturated carbocycles. The monoisotopic (exact) mass is 255 g/mol. The van der Waals surface area contributed by atoms with Gasteiger partial charge in [-0.2, -0.15) is 11.8 Å². The highest BCUT2D eigenvalue weighted by molar-refractivity contribution is 7.99. The van der Waals surface area contributed by atoms with E-state index >= 15 is 0 Å². The first-order valence-corrected chi connectivity index (χ1v) is 6.85. The molecule has 0 aromatic carbocycles. The molecule has 1 aromatic heterocycles. The quantitative estimate of drug-likeness (QED) is 0.847. The highest BCUT2D eigenvalue weighted by atomic mass is 32.2. The average molecular weight is 255 g/mol. The van der Waals surface area contributed by atoms with Crippen molar-refractivity contribution in [3.05, 3.63) is 18.2 Å². The lowest BCUT2D eigenvalue weighted by Crippen LogP contribution is -2.48. The van der Waals surface area contributed by atoms with Crippen molar-refractivity contribution < 1.29 is 9.90 Å². The second-order valence-corrected chi connectivity index (χ2v) is 5.32. The van der Waals surface area contributed by atoms with Gasteiger partial charge in [-0.15, -0.1) is 0 Å². The molecule has 1 atom stereocenters. The molecule has 0 bridgehead atoms. The summed E-state index contributed by atoms with van der Waals surface area (Å²) in [6.07, 6.45) is 4.49. The standard InChI is InChI=1S/C11H17N3O2S/c1-13-5-3-12-10(13)2-4-14-6-7-17-8-9(14)11(15)16/h3,5,9H,2,4,6-8H2,1H3,(H,15,16). The van der Waals surface area contributed by atoms with Gasteiger partial charge in [0.15, 0.2) is 0 Å². The van der Waals surface area contributed by atoms with Crippen molar-refractivity contribution in [2.45, 2.75) is 12.5 Å². The zero-order valence-electron chi connectivity index (χ0n) is 9.87. The highest BCUT2D eigenvalue weighted by Crippen LogP contribution is 2.16. The van der Waals surface area contributed by atoms with Gasteiger partial charge in [-0.05, 0) is 0 Å². The normalized spacial score (nSPS) is 21.6. The Morgan fingerprint density at radius 2 is 2.53 bits per heavy atom. The molecule has 6 heteroatoms. The van der Waals surface area contributed by atoms with E-state index in [4.69, 9.17) is 5.11 Å². The van der Waals surface area contributed by atoms with Crippen molar-refractivity contribution in [1.29, 1.82) is 0 Å². The zero-order chi connectivity index (χ0) is 12.3. The van der Waals surface area contributed by atoms with Crippen LogP contribution >= 0.6 is 11.8 Å². The second-order valence-electron chi connectivity index (χ2n) is 4.17. The Morgan fingerprint density at radius 3 is 3.18 bits per heavy atom. The van der Waals surface area contributed by atoms with Gasteiger partial charge in [-0.1, -0.05) is 0 Å². The molecule has 1 aliphatic heterocycles. The summed E-state index contributed by atoms with van der Waals surface area (Å²) in [6.45, 7) is 1.62. The topological polar surface area (TPSA) is 58.4 Å². The Morgan fingerprint density at radius 1 is 1.71 bits per heavy atom. The maximum Gasteiger partial charge on any atom is 0.321 e. The van der Waals surface area contributed by atoms with Gasteiger partial charge in [0.2, 0.25) is 0 Å². The lowest BCUT2D eigenvalue weighted by molar-refractivity contribution is -0.142. The molecule has 1 aromatic rings. The van der Waals surface area contributed by atoms with Gasteiger partial charge < -0.3 is 9.67 Å². The van der Waals surface area contributed by atoms with Gasteiger partial charge in [0, 0.05) is 50.5 Å². The second kappa shape index (κ2) is 5.55. The predicted octanol–water partition coefficient (Wildman–Crippen LogP) is 0.465. The van der Waals surface area contributed by atoms with Crippen molar-refractivity contribution in [2.75, 3.05) is 24.6 Å². The molecule has 1 unspecified atom stereocenters. The minimum Gasteiger partial charge on any atom is -0.480 e. The number of carboxylic acid groups (broad SMARTS) is 1. The summed E-state index contributed by atoms with van der Waals surface area (Å²) in [5.74, 6) is 2.00. The van der Waals surface area contributed by atoms with E-state index in [9.17, 15) is 4.79 Å². The molecule has 1 fully saturated rings. The number of carboxylic acids is 1. The van der Waals surface area contributed by atoms with Crippen LogP contribution in [0.1, 0.15) is 5.82 Å². The molecule has 0 spiro atoms. The van der Waals surface area contributed by atoms with Gasteiger partial charge in [0.05, 0.1) is 0 Å². The average Bonchev–Trinajstić information content (AvgIpc) is 2.72. The number of thioether (sulfide) groups is 1. The Balaban J connectivity index is 1.92. The number of aryl methyl sites for hydroxylation is 1. The molecule has 1 saturated heterocycles. The van der Waals surface area contributed by atoms with Crippen molar-refractivity contribution in [1.82, 2.24) is 14.5 Å². The van der Waals surface area contributed by atoms with Crippen LogP contribution < -0.4 is 0 Å². The largest absolute Gasteiger partial charge is 0.480 e. The molecule has 1 aliphatic rings. The van der Waals surface area contributed by atoms with Crippen LogP contribution in [0.3, 0.4) is 0 Å². The van der Waals surface area contributed by atoms with Crippen LogP contribution in [-0.2, 0) is 18.3 Å². The van der Waals surface area contributed by atoms with Crippen LogP contribution in [0, 0.1) is 0 Å². The van der Waals surface area contributed by atoms with E-state index in [-0.39, 0.29) is 6.04 Å². The molecular weight excluding hydrogens is 238 g/mol. The van der Waals surface area contributed by atoms with Crippen molar-refractivity contribution in [3.8, 4) is 0 Å². The SMILES string of the molecule is Cn1ccnc1CCN1CCSCC1C(=O)O. The van der Waals surface area contributed by atoms with Gasteiger partial charge in [0.25, 0.3) is 0 Å². The Hall–Kier alpha value is -1.01. The van der Waals surface area contributed by atoms with Crippen LogP contribution in [0.2, 0.25) is 0 Å². The number of aliphatic carboxylic acids is 1. The van der Waals surface area contributed by atoms with Gasteiger partial charge in [-0.25, -0.2) is 4.98 Å². The molecule has 2 rings (SSSR count). The Kier molecular flexibility index (Phi) is 4.06. The number of aromatic nitrogens is 2. The summed E-state index contributed by atoms with van der Waals surface area (Å²) < 4.78 is 1.98. The molecular formula is C11H17N3O2S. The smallest absolute Gasteiger partial charge is 0.321 e. The highest BCUT2D eigenvalue weighted by Gasteiger charge is 2.28. The fourth-order valence-corrected chi connectivity index (χ4v) is 3.12. The third-order valence-electron chi connectivity index (χ3n) is 3.07. The number of hydrogen-bond acceptors (Lipinski definition) is 4. The van der Waals surface area contributed by atoms with Gasteiger partial charge in [-0.3, -0.25) is 9.69 Å². The van der Waals surface area contributed by atoms with Crippen LogP contribution in [0.25, 0.3) is 0 Å². The van der Waals surface area contributed by atoms with Crippen LogP contribution in [0.4, 0.5) is 0 Å². The number of rotatable bonds is 4. The molecule has 0 aliphatic carbocycles. The van der Waals surface area contributed by atoms with Crippen LogP contribution in [-0.4, -0.2) is 56.2 Å². The van der Waals surface area contributed by atoms with Crippen molar-refractivity contribution in [2.24, 2.45) is 7.05 Å². The molecule has 17 heavy (non-hydrogen) atoms. The summed E-state index contributed by atoms with van der Waals surface area (Å²) >= 11 is 1.72. The first kappa shape index (κ1) is 12.4. The van der Waals surface area contributed by atoms with Crippen LogP contribution in [0.15, 0.2) is 12.4 Å². The van der Waals surface area contributed by atoms with E-state index in [1.807, 2.05) is 22.7 Å². The Labute approximate surface area is 105 Å². The maximum absolute atomic E-state index is 11.1. The third-order valence-corrected chi connectivity index (χ3v) is 4.09. The van der Waals surface area contributed by atoms with Crippen molar-refractivity contribution in [3.63, 3.8) is 0 Å². The van der Waals surface area contributed by atoms with E-state index in [1.54, 1.807) is 18.0 Å². The van der Waals surface area contributed by atoms with Crippen LogP contribution in [0.5, 0.6) is 0 Å². The summed E-state index contributed by atoms with van der Waals surface area (Å²) in [5.41, 5.74) is 0. The summed E-state index contributed by atoms with van der Waals surface area (Å²) in [7, 11) is 1.96. The molecule has 5 nitrogen and oxygen atoms in total. The number of nitrogens with zero attached hydrogens (tertiary/aromatic N) is 3. The molecule has 0 radical (unpaired) electrons. The van der Waals surface area contributed by atoms with E-state index in [2.05, 4.69) is 4.98 Å². The van der Waals surface area contributed by atoms with Gasteiger partial charge in [0.1, 0.15) is 11.9 Å². The fourth-order valence-electron chi connectivity index (χ4n) is 2.01. The molecule has 1 N–H and O–H groups in total. The zero-order valence-corrected chi connectivity index (χ0v) is 10.7. The van der Waals surface area contributed by atoms with E-state index in [0.29, 0.717) is 5.75 Å². The summed E-state index contributed by atoms with van der Waals surface area (Å²) in [6, 6.07) is -0.339. The third kappa shape index (κ3) is 3.01. The van der Waals surface area contributed by atoms with Gasteiger partial charge >= 0.3 is 5.97 Å². The number of imidazole rings is 1. The summed E-state index contributed by atoms with van der Waals surface area (Å²) in [5, 5.41) is 9.14. The maximum atomic E-state index is 11.1. The predicted molar refractivity (Wildman–Crippen MR) is 67.2 cm³/mol. The molecule has 94 valence electrons.